The number of benzene rings is 2. The minimum atomic E-state index is -0.616. The summed E-state index contributed by atoms with van der Waals surface area (Å²) < 4.78 is 10.7. The van der Waals surface area contributed by atoms with Gasteiger partial charge in [-0.15, -0.1) is 0 Å². The number of nitrogens with one attached hydrogen (secondary N) is 1. The van der Waals surface area contributed by atoms with Gasteiger partial charge in [0, 0.05) is 18.0 Å². The van der Waals surface area contributed by atoms with E-state index < -0.39 is 11.9 Å². The zero-order chi connectivity index (χ0) is 17.8. The number of amides is 1. The predicted molar refractivity (Wildman–Crippen MR) is 93.1 cm³/mol. The van der Waals surface area contributed by atoms with Crippen molar-refractivity contribution in [3.63, 3.8) is 0 Å². The molecule has 1 heterocycles. The number of rotatable bonds is 4. The van der Waals surface area contributed by atoms with Crippen molar-refractivity contribution in [3.05, 3.63) is 72.4 Å². The van der Waals surface area contributed by atoms with Crippen LogP contribution >= 0.6 is 0 Å². The lowest BCUT2D eigenvalue weighted by Crippen LogP contribution is -2.41. The normalized spacial score (nSPS) is 19.9. The largest absolute Gasteiger partial charge is 0.468 e. The molecule has 5 heteroatoms. The second-order valence-corrected chi connectivity index (χ2v) is 5.87. The molecule has 0 saturated carbocycles. The molecule has 1 aliphatic heterocycles. The highest BCUT2D eigenvalue weighted by molar-refractivity contribution is 5.86. The predicted octanol–water partition coefficient (Wildman–Crippen LogP) is 3.39. The smallest absolute Gasteiger partial charge is 0.315 e. The van der Waals surface area contributed by atoms with E-state index in [0.29, 0.717) is 11.4 Å². The number of carbonyl (C=O) groups excluding carboxylic acids is 2. The Labute approximate surface area is 146 Å². The maximum absolute atomic E-state index is 12.2. The van der Waals surface area contributed by atoms with E-state index in [2.05, 4.69) is 11.9 Å². The Morgan fingerprint density at radius 3 is 2.56 bits per heavy atom. The summed E-state index contributed by atoms with van der Waals surface area (Å²) in [4.78, 5) is 24.1. The van der Waals surface area contributed by atoms with Crippen LogP contribution in [0.1, 0.15) is 17.9 Å². The topological polar surface area (TPSA) is 64.6 Å². The minimum Gasteiger partial charge on any atom is -0.468 e. The van der Waals surface area contributed by atoms with Crippen molar-refractivity contribution in [2.24, 2.45) is 5.92 Å². The van der Waals surface area contributed by atoms with Crippen molar-refractivity contribution < 1.29 is 19.1 Å². The first kappa shape index (κ1) is 16.8. The highest BCUT2D eigenvalue weighted by Gasteiger charge is 2.38. The van der Waals surface area contributed by atoms with E-state index in [-0.39, 0.29) is 18.2 Å². The van der Waals surface area contributed by atoms with Gasteiger partial charge >= 0.3 is 5.97 Å². The highest BCUT2D eigenvalue weighted by atomic mass is 16.5. The average Bonchev–Trinajstić information content (AvgIpc) is 2.61. The van der Waals surface area contributed by atoms with Gasteiger partial charge in [-0.25, -0.2) is 0 Å². The van der Waals surface area contributed by atoms with Crippen molar-refractivity contribution in [2.45, 2.75) is 12.3 Å². The summed E-state index contributed by atoms with van der Waals surface area (Å²) in [7, 11) is 1.33. The molecule has 0 radical (unpaired) electrons. The van der Waals surface area contributed by atoms with E-state index in [9.17, 15) is 9.59 Å². The summed E-state index contributed by atoms with van der Waals surface area (Å²) in [5.41, 5.74) is 1.20. The molecule has 1 fully saturated rings. The molecule has 5 nitrogen and oxygen atoms in total. The molecule has 0 bridgehead atoms. The molecule has 1 N–H and O–H groups in total. The third-order valence-corrected chi connectivity index (χ3v) is 4.20. The van der Waals surface area contributed by atoms with Crippen LogP contribution in [0, 0.1) is 5.92 Å². The maximum atomic E-state index is 12.2. The van der Waals surface area contributed by atoms with Gasteiger partial charge in [-0.2, -0.15) is 0 Å². The van der Waals surface area contributed by atoms with E-state index in [4.69, 9.17) is 9.47 Å². The fraction of sp³-hybridized carbons (Fsp3) is 0.200. The fourth-order valence-corrected chi connectivity index (χ4v) is 3.05. The van der Waals surface area contributed by atoms with Crippen LogP contribution in [0.3, 0.4) is 0 Å². The number of carbonyl (C=O) groups is 2. The number of methoxy groups -OCH3 is 1. The molecule has 128 valence electrons. The Morgan fingerprint density at radius 1 is 1.12 bits per heavy atom. The standard InChI is InChI=1S/C20H19NO4/c1-13-19(20(23)24-2)17(12-18(22)21-13)14-7-6-10-16(11-14)25-15-8-4-3-5-9-15/h3-11,17,19H,1,12H2,2H3,(H,21,22). The molecule has 1 aliphatic rings. The lowest BCUT2D eigenvalue weighted by molar-refractivity contribution is -0.146. The monoisotopic (exact) mass is 337 g/mol. The Morgan fingerprint density at radius 2 is 1.84 bits per heavy atom. The summed E-state index contributed by atoms with van der Waals surface area (Å²) in [5, 5.41) is 2.63. The second kappa shape index (κ2) is 7.21. The molecule has 25 heavy (non-hydrogen) atoms. The number of hydrogen-bond donors (Lipinski definition) is 1. The number of hydrogen-bond acceptors (Lipinski definition) is 4. The molecule has 3 rings (SSSR count). The molecule has 1 amide bonds. The van der Waals surface area contributed by atoms with Crippen molar-refractivity contribution >= 4 is 11.9 Å². The quantitative estimate of drug-likeness (QED) is 0.869. The molecule has 2 aromatic rings. The molecule has 0 spiro atoms. The van der Waals surface area contributed by atoms with Gasteiger partial charge in [-0.1, -0.05) is 36.9 Å². The molecule has 1 saturated heterocycles. The first-order chi connectivity index (χ1) is 12.1. The summed E-state index contributed by atoms with van der Waals surface area (Å²) in [6, 6.07) is 16.8. The van der Waals surface area contributed by atoms with E-state index in [1.54, 1.807) is 0 Å². The second-order valence-electron chi connectivity index (χ2n) is 5.87. The lowest BCUT2D eigenvalue weighted by Gasteiger charge is -2.31. The Hall–Kier alpha value is -3.08. The van der Waals surface area contributed by atoms with Crippen LogP contribution in [0.4, 0.5) is 0 Å². The SMILES string of the molecule is C=C1NC(=O)CC(c2cccc(Oc3ccccc3)c2)C1C(=O)OC. The lowest BCUT2D eigenvalue weighted by atomic mass is 9.79. The molecule has 2 atom stereocenters. The molecule has 0 aromatic heterocycles. The highest BCUT2D eigenvalue weighted by Crippen LogP contribution is 2.37. The summed E-state index contributed by atoms with van der Waals surface area (Å²) in [6.45, 7) is 3.82. The Kier molecular flexibility index (Phi) is 4.84. The van der Waals surface area contributed by atoms with Crippen LogP contribution in [-0.4, -0.2) is 19.0 Å². The number of esters is 1. The third-order valence-electron chi connectivity index (χ3n) is 4.20. The van der Waals surface area contributed by atoms with Gasteiger partial charge in [-0.3, -0.25) is 9.59 Å². The molecule has 2 aromatic carbocycles. The third kappa shape index (κ3) is 3.71. The average molecular weight is 337 g/mol. The van der Waals surface area contributed by atoms with E-state index in [1.807, 2.05) is 54.6 Å². The van der Waals surface area contributed by atoms with Gasteiger partial charge in [0.2, 0.25) is 5.91 Å². The number of ether oxygens (including phenoxy) is 2. The van der Waals surface area contributed by atoms with Gasteiger partial charge in [0.1, 0.15) is 17.4 Å². The Balaban J connectivity index is 1.90. The maximum Gasteiger partial charge on any atom is 0.315 e. The van der Waals surface area contributed by atoms with Crippen LogP contribution in [0.5, 0.6) is 11.5 Å². The first-order valence-corrected chi connectivity index (χ1v) is 7.98. The van der Waals surface area contributed by atoms with Crippen LogP contribution in [-0.2, 0) is 14.3 Å². The van der Waals surface area contributed by atoms with Crippen LogP contribution in [0.2, 0.25) is 0 Å². The Bertz CT molecular complexity index is 800. The number of piperidine rings is 1. The van der Waals surface area contributed by atoms with Crippen LogP contribution < -0.4 is 10.1 Å². The van der Waals surface area contributed by atoms with Crippen molar-refractivity contribution in [3.8, 4) is 11.5 Å². The minimum absolute atomic E-state index is 0.162. The van der Waals surface area contributed by atoms with Gasteiger partial charge in [-0.05, 0) is 29.8 Å². The summed E-state index contributed by atoms with van der Waals surface area (Å²) in [5.74, 6) is -0.171. The van der Waals surface area contributed by atoms with Gasteiger partial charge in [0.05, 0.1) is 7.11 Å². The van der Waals surface area contributed by atoms with Crippen LogP contribution in [0.15, 0.2) is 66.9 Å². The fourth-order valence-electron chi connectivity index (χ4n) is 3.05. The van der Waals surface area contributed by atoms with Crippen LogP contribution in [0.25, 0.3) is 0 Å². The number of para-hydroxylation sites is 1. The molecule has 2 unspecified atom stereocenters. The van der Waals surface area contributed by atoms with E-state index in [0.717, 1.165) is 11.3 Å². The van der Waals surface area contributed by atoms with E-state index >= 15 is 0 Å². The van der Waals surface area contributed by atoms with Gasteiger partial charge in [0.25, 0.3) is 0 Å². The van der Waals surface area contributed by atoms with Gasteiger partial charge < -0.3 is 14.8 Å². The summed E-state index contributed by atoms with van der Waals surface area (Å²) >= 11 is 0. The van der Waals surface area contributed by atoms with Crippen molar-refractivity contribution in [1.82, 2.24) is 5.32 Å². The molecular formula is C20H19NO4. The zero-order valence-corrected chi connectivity index (χ0v) is 13.9. The molecular weight excluding hydrogens is 318 g/mol. The van der Waals surface area contributed by atoms with Crippen molar-refractivity contribution in [1.29, 1.82) is 0 Å². The van der Waals surface area contributed by atoms with Gasteiger partial charge in [0.15, 0.2) is 0 Å². The summed E-state index contributed by atoms with van der Waals surface area (Å²) in [6.07, 6.45) is 0.188. The first-order valence-electron chi connectivity index (χ1n) is 7.98. The zero-order valence-electron chi connectivity index (χ0n) is 13.9. The molecule has 0 aliphatic carbocycles. The van der Waals surface area contributed by atoms with Crippen molar-refractivity contribution in [2.75, 3.05) is 7.11 Å². The van der Waals surface area contributed by atoms with E-state index in [1.165, 1.54) is 7.11 Å².